The molecule has 0 aliphatic carbocycles. The van der Waals surface area contributed by atoms with Crippen molar-refractivity contribution in [1.29, 1.82) is 0 Å². The molecule has 0 fully saturated rings. The maximum atomic E-state index is 5.63. The molecule has 0 aromatic carbocycles. The van der Waals surface area contributed by atoms with Gasteiger partial charge in [-0.3, -0.25) is 0 Å². The summed E-state index contributed by atoms with van der Waals surface area (Å²) in [7, 11) is 0. The van der Waals surface area contributed by atoms with E-state index >= 15 is 0 Å². The topological polar surface area (TPSA) is 12.9 Å². The van der Waals surface area contributed by atoms with Crippen LogP contribution >= 0.6 is 34.2 Å². The van der Waals surface area contributed by atoms with Gasteiger partial charge in [0.15, 0.2) is 0 Å². The Kier molecular flexibility index (Phi) is 2.29. The Morgan fingerprint density at radius 1 is 1.56 bits per heavy atom. The van der Waals surface area contributed by atoms with Gasteiger partial charge in [0, 0.05) is 0 Å². The van der Waals surface area contributed by atoms with Gasteiger partial charge >= 0.3 is 0 Å². The predicted molar refractivity (Wildman–Crippen MR) is 46.7 cm³/mol. The summed E-state index contributed by atoms with van der Waals surface area (Å²) in [5.74, 6) is 0. The van der Waals surface area contributed by atoms with E-state index in [9.17, 15) is 0 Å². The molecule has 48 valence electrons. The summed E-state index contributed by atoms with van der Waals surface area (Å²) in [5, 5.41) is 0.569. The first-order valence-electron chi connectivity index (χ1n) is 2.48. The molecule has 0 spiro atoms. The molecule has 3 heteroatoms. The fourth-order valence-electron chi connectivity index (χ4n) is 0.584. The van der Waals surface area contributed by atoms with Gasteiger partial charge in [-0.05, 0) is 47.2 Å². The summed E-state index contributed by atoms with van der Waals surface area (Å²) in [6.07, 6.45) is 0. The number of pyridine rings is 1. The van der Waals surface area contributed by atoms with E-state index < -0.39 is 0 Å². The van der Waals surface area contributed by atoms with Gasteiger partial charge in [-0.2, -0.15) is 0 Å². The molecule has 0 bridgehead atoms. The zero-order valence-electron chi connectivity index (χ0n) is 4.86. The molecule has 1 rings (SSSR count). The molecule has 9 heavy (non-hydrogen) atoms. The molecule has 1 nitrogen and oxygen atoms in total. The highest BCUT2D eigenvalue weighted by Gasteiger charge is 1.92. The summed E-state index contributed by atoms with van der Waals surface area (Å²) in [6.45, 7) is 2.00. The van der Waals surface area contributed by atoms with E-state index in [0.29, 0.717) is 5.15 Å². The summed E-state index contributed by atoms with van der Waals surface area (Å²) in [4.78, 5) is 3.99. The molecule has 0 N–H and O–H groups in total. The second-order valence-corrected chi connectivity index (χ2v) is 3.28. The van der Waals surface area contributed by atoms with Crippen LogP contribution in [-0.4, -0.2) is 4.98 Å². The normalized spacial score (nSPS) is 9.67. The fourth-order valence-corrected chi connectivity index (χ4v) is 1.74. The van der Waals surface area contributed by atoms with Crippen molar-refractivity contribution >= 4 is 34.2 Å². The Labute approximate surface area is 72.6 Å². The van der Waals surface area contributed by atoms with Crippen molar-refractivity contribution in [2.45, 2.75) is 6.92 Å². The number of aryl methyl sites for hydroxylation is 1. The lowest BCUT2D eigenvalue weighted by Crippen LogP contribution is -1.81. The van der Waals surface area contributed by atoms with E-state index in [1.807, 2.05) is 19.1 Å². The Balaban J connectivity index is 3.17. The third-order valence-electron chi connectivity index (χ3n) is 0.907. The molecule has 0 aliphatic heterocycles. The van der Waals surface area contributed by atoms with Gasteiger partial charge in [0.25, 0.3) is 0 Å². The average Bonchev–Trinajstić information content (AvgIpc) is 1.59. The van der Waals surface area contributed by atoms with Gasteiger partial charge < -0.3 is 0 Å². The molecular weight excluding hydrogens is 248 g/mol. The minimum Gasteiger partial charge on any atom is -0.230 e. The summed E-state index contributed by atoms with van der Waals surface area (Å²) < 4.78 is 0.942. The van der Waals surface area contributed by atoms with Crippen LogP contribution in [0.4, 0.5) is 0 Å². The first kappa shape index (κ1) is 7.28. The van der Waals surface area contributed by atoms with Crippen molar-refractivity contribution in [1.82, 2.24) is 4.98 Å². The lowest BCUT2D eigenvalue weighted by atomic mass is 10.3. The van der Waals surface area contributed by atoms with Gasteiger partial charge in [0.1, 0.15) is 8.85 Å². The zero-order valence-corrected chi connectivity index (χ0v) is 7.77. The number of nitrogens with zero attached hydrogens (tertiary/aromatic N) is 1. The average molecular weight is 253 g/mol. The largest absolute Gasteiger partial charge is 0.230 e. The van der Waals surface area contributed by atoms with Crippen LogP contribution in [0.1, 0.15) is 5.56 Å². The highest BCUT2D eigenvalue weighted by atomic mass is 127. The van der Waals surface area contributed by atoms with Crippen LogP contribution in [0.2, 0.25) is 5.15 Å². The zero-order chi connectivity index (χ0) is 6.85. The molecule has 0 saturated heterocycles. The first-order chi connectivity index (χ1) is 4.18. The van der Waals surface area contributed by atoms with Crippen LogP contribution in [0.25, 0.3) is 0 Å². The molecule has 0 amide bonds. The van der Waals surface area contributed by atoms with E-state index in [-0.39, 0.29) is 0 Å². The van der Waals surface area contributed by atoms with E-state index in [1.54, 1.807) is 0 Å². The second-order valence-electron chi connectivity index (χ2n) is 1.79. The van der Waals surface area contributed by atoms with Crippen LogP contribution in [-0.2, 0) is 0 Å². The van der Waals surface area contributed by atoms with Gasteiger partial charge in [-0.25, -0.2) is 4.98 Å². The molecule has 1 heterocycles. The van der Waals surface area contributed by atoms with Crippen molar-refractivity contribution in [3.8, 4) is 0 Å². The third-order valence-corrected chi connectivity index (χ3v) is 1.65. The Bertz CT molecular complexity index is 174. The Hall–Kier alpha value is 0.170. The van der Waals surface area contributed by atoms with Crippen molar-refractivity contribution in [2.75, 3.05) is 0 Å². The monoisotopic (exact) mass is 253 g/mol. The van der Waals surface area contributed by atoms with E-state index in [0.717, 1.165) is 9.26 Å². The lowest BCUT2D eigenvalue weighted by molar-refractivity contribution is 1.24. The van der Waals surface area contributed by atoms with Crippen LogP contribution in [0.5, 0.6) is 0 Å². The molecule has 1 aromatic heterocycles. The maximum Gasteiger partial charge on any atom is 0.130 e. The lowest BCUT2D eigenvalue weighted by Gasteiger charge is -1.93. The minimum absolute atomic E-state index is 0.569. The highest BCUT2D eigenvalue weighted by Crippen LogP contribution is 2.10. The number of halogens is 2. The van der Waals surface area contributed by atoms with E-state index in [2.05, 4.69) is 27.6 Å². The van der Waals surface area contributed by atoms with Crippen LogP contribution in [0.15, 0.2) is 12.1 Å². The van der Waals surface area contributed by atoms with Crippen LogP contribution < -0.4 is 0 Å². The SMILES string of the molecule is Cc1cc(Cl)nc(I)c1. The summed E-state index contributed by atoms with van der Waals surface area (Å²) in [5.41, 5.74) is 1.15. The third kappa shape index (κ3) is 2.10. The Morgan fingerprint density at radius 3 is 2.67 bits per heavy atom. The summed E-state index contributed by atoms with van der Waals surface area (Å²) >= 11 is 7.77. The van der Waals surface area contributed by atoms with Crippen molar-refractivity contribution in [3.05, 3.63) is 26.5 Å². The molecule has 1 aromatic rings. The smallest absolute Gasteiger partial charge is 0.130 e. The van der Waals surface area contributed by atoms with Gasteiger partial charge in [-0.15, -0.1) is 0 Å². The first-order valence-corrected chi connectivity index (χ1v) is 3.94. The van der Waals surface area contributed by atoms with E-state index in [4.69, 9.17) is 11.6 Å². The molecule has 0 aliphatic rings. The number of hydrogen-bond acceptors (Lipinski definition) is 1. The van der Waals surface area contributed by atoms with Crippen molar-refractivity contribution in [2.24, 2.45) is 0 Å². The van der Waals surface area contributed by atoms with Crippen molar-refractivity contribution < 1.29 is 0 Å². The number of hydrogen-bond donors (Lipinski definition) is 0. The Morgan fingerprint density at radius 2 is 2.22 bits per heavy atom. The van der Waals surface area contributed by atoms with Crippen molar-refractivity contribution in [3.63, 3.8) is 0 Å². The molecular formula is C6H5ClIN. The van der Waals surface area contributed by atoms with Crippen LogP contribution in [0.3, 0.4) is 0 Å². The fraction of sp³-hybridized carbons (Fsp3) is 0.167. The quantitative estimate of drug-likeness (QED) is 0.512. The van der Waals surface area contributed by atoms with Gasteiger partial charge in [0.05, 0.1) is 0 Å². The predicted octanol–water partition coefficient (Wildman–Crippen LogP) is 2.65. The van der Waals surface area contributed by atoms with E-state index in [1.165, 1.54) is 0 Å². The maximum absolute atomic E-state index is 5.63. The number of rotatable bonds is 0. The van der Waals surface area contributed by atoms with Gasteiger partial charge in [0.2, 0.25) is 0 Å². The van der Waals surface area contributed by atoms with Crippen LogP contribution in [0, 0.1) is 10.6 Å². The molecule has 0 radical (unpaired) electrons. The molecule has 0 saturated carbocycles. The van der Waals surface area contributed by atoms with Gasteiger partial charge in [-0.1, -0.05) is 11.6 Å². The summed E-state index contributed by atoms with van der Waals surface area (Å²) in [6, 6.07) is 3.82. The minimum atomic E-state index is 0.569. The second kappa shape index (κ2) is 2.84. The standard InChI is InChI=1S/C6H5ClIN/c1-4-2-5(7)9-6(8)3-4/h2-3H,1H3. The molecule has 0 unspecified atom stereocenters. The molecule has 0 atom stereocenters. The number of aromatic nitrogens is 1. The highest BCUT2D eigenvalue weighted by molar-refractivity contribution is 14.1.